The summed E-state index contributed by atoms with van der Waals surface area (Å²) in [7, 11) is -0.0786. The summed E-state index contributed by atoms with van der Waals surface area (Å²) in [6.07, 6.45) is 3.23. The molecule has 0 aromatic carbocycles. The maximum absolute atomic E-state index is 5.71. The highest BCUT2D eigenvalue weighted by Gasteiger charge is 2.34. The average Bonchev–Trinajstić information content (AvgIpc) is 2.19. The van der Waals surface area contributed by atoms with E-state index in [2.05, 4.69) is 25.2 Å². The Bertz CT molecular complexity index is 230. The topological polar surface area (TPSA) is 30.5 Å². The Labute approximate surface area is 86.0 Å². The van der Waals surface area contributed by atoms with Crippen molar-refractivity contribution in [3.05, 3.63) is 11.5 Å². The number of rotatable bonds is 1. The molecule has 2 heterocycles. The van der Waals surface area contributed by atoms with Crippen LogP contribution in [-0.2, 0) is 9.31 Å². The molecule has 0 aliphatic carbocycles. The van der Waals surface area contributed by atoms with E-state index in [0.29, 0.717) is 0 Å². The summed E-state index contributed by atoms with van der Waals surface area (Å²) in [5.41, 5.74) is 1.48. The Balaban J connectivity index is 1.91. The minimum atomic E-state index is -0.0786. The van der Waals surface area contributed by atoms with Crippen molar-refractivity contribution < 1.29 is 9.31 Å². The zero-order chi connectivity index (χ0) is 10.0. The van der Waals surface area contributed by atoms with E-state index in [1.165, 1.54) is 5.47 Å². The van der Waals surface area contributed by atoms with Gasteiger partial charge in [-0.05, 0) is 18.4 Å². The van der Waals surface area contributed by atoms with Crippen LogP contribution >= 0.6 is 0 Å². The van der Waals surface area contributed by atoms with Crippen molar-refractivity contribution in [1.29, 1.82) is 0 Å². The lowest BCUT2D eigenvalue weighted by Crippen LogP contribution is -2.43. The minimum absolute atomic E-state index is 0.0786. The Morgan fingerprint density at radius 3 is 2.64 bits per heavy atom. The zero-order valence-electron chi connectivity index (χ0n) is 9.01. The third kappa shape index (κ3) is 2.38. The van der Waals surface area contributed by atoms with Crippen LogP contribution < -0.4 is 5.32 Å². The predicted octanol–water partition coefficient (Wildman–Crippen LogP) is 1.01. The van der Waals surface area contributed by atoms with Crippen molar-refractivity contribution in [3.8, 4) is 0 Å². The van der Waals surface area contributed by atoms with Gasteiger partial charge in [0.25, 0.3) is 0 Å². The van der Waals surface area contributed by atoms with Gasteiger partial charge in [-0.1, -0.05) is 19.9 Å². The van der Waals surface area contributed by atoms with E-state index in [-0.39, 0.29) is 12.5 Å². The lowest BCUT2D eigenvalue weighted by molar-refractivity contribution is 0.0317. The van der Waals surface area contributed by atoms with Gasteiger partial charge in [0.05, 0.1) is 0 Å². The Morgan fingerprint density at radius 1 is 1.36 bits per heavy atom. The molecule has 0 aromatic heterocycles. The van der Waals surface area contributed by atoms with Crippen LogP contribution in [0, 0.1) is 5.41 Å². The van der Waals surface area contributed by atoms with Crippen LogP contribution in [0.3, 0.4) is 0 Å². The molecule has 3 nitrogen and oxygen atoms in total. The Morgan fingerprint density at radius 2 is 2.07 bits per heavy atom. The summed E-state index contributed by atoms with van der Waals surface area (Å²) in [5.74, 6) is 0. The quantitative estimate of drug-likeness (QED) is 0.633. The van der Waals surface area contributed by atoms with E-state index in [4.69, 9.17) is 9.31 Å². The summed E-state index contributed by atoms with van der Waals surface area (Å²) in [6.45, 7) is 7.91. The highest BCUT2D eigenvalue weighted by Crippen LogP contribution is 2.25. The first-order valence-electron chi connectivity index (χ1n) is 5.30. The van der Waals surface area contributed by atoms with Crippen molar-refractivity contribution in [3.63, 3.8) is 0 Å². The first kappa shape index (κ1) is 10.2. The third-order valence-electron chi connectivity index (χ3n) is 2.65. The fraction of sp³-hybridized carbons (Fsp3) is 0.800. The second-order valence-electron chi connectivity index (χ2n) is 4.85. The SMILES string of the molecule is CC1(C)COB(C2=CCNCC2)OC1. The molecule has 0 aromatic rings. The lowest BCUT2D eigenvalue weighted by Gasteiger charge is -2.34. The van der Waals surface area contributed by atoms with E-state index in [1.54, 1.807) is 0 Å². The maximum Gasteiger partial charge on any atom is 0.489 e. The molecule has 14 heavy (non-hydrogen) atoms. The first-order chi connectivity index (χ1) is 6.67. The molecule has 0 unspecified atom stereocenters. The van der Waals surface area contributed by atoms with Gasteiger partial charge in [-0.25, -0.2) is 0 Å². The molecule has 0 radical (unpaired) electrons. The lowest BCUT2D eigenvalue weighted by atomic mass is 9.72. The van der Waals surface area contributed by atoms with Crippen LogP contribution in [0.4, 0.5) is 0 Å². The molecule has 0 amide bonds. The number of hydrogen-bond acceptors (Lipinski definition) is 3. The molecule has 4 heteroatoms. The summed E-state index contributed by atoms with van der Waals surface area (Å²) < 4.78 is 11.4. The van der Waals surface area contributed by atoms with Crippen molar-refractivity contribution in [2.45, 2.75) is 20.3 Å². The highest BCUT2D eigenvalue weighted by molar-refractivity contribution is 6.53. The van der Waals surface area contributed by atoms with Gasteiger partial charge in [-0.15, -0.1) is 0 Å². The van der Waals surface area contributed by atoms with Gasteiger partial charge in [0.1, 0.15) is 0 Å². The zero-order valence-corrected chi connectivity index (χ0v) is 9.01. The largest absolute Gasteiger partial charge is 0.489 e. The first-order valence-corrected chi connectivity index (χ1v) is 5.30. The molecular formula is C10H18BNO2. The molecule has 0 atom stereocenters. The van der Waals surface area contributed by atoms with Crippen LogP contribution in [0.2, 0.25) is 0 Å². The molecule has 1 saturated heterocycles. The van der Waals surface area contributed by atoms with E-state index in [1.807, 2.05) is 0 Å². The molecule has 1 fully saturated rings. The van der Waals surface area contributed by atoms with Crippen LogP contribution in [-0.4, -0.2) is 33.4 Å². The van der Waals surface area contributed by atoms with Gasteiger partial charge in [0.15, 0.2) is 0 Å². The van der Waals surface area contributed by atoms with E-state index >= 15 is 0 Å². The van der Waals surface area contributed by atoms with Crippen LogP contribution in [0.1, 0.15) is 20.3 Å². The van der Waals surface area contributed by atoms with Crippen LogP contribution in [0.5, 0.6) is 0 Å². The van der Waals surface area contributed by atoms with E-state index in [0.717, 1.165) is 32.7 Å². The standard InChI is InChI=1S/C10H18BNO2/c1-10(2)7-13-11(14-8-10)9-3-5-12-6-4-9/h3,12H,4-8H2,1-2H3. The fourth-order valence-corrected chi connectivity index (χ4v) is 1.76. The summed E-state index contributed by atoms with van der Waals surface area (Å²) in [4.78, 5) is 0. The van der Waals surface area contributed by atoms with Crippen LogP contribution in [0.25, 0.3) is 0 Å². The Hall–Kier alpha value is -0.315. The smallest absolute Gasteiger partial charge is 0.407 e. The number of nitrogens with one attached hydrogen (secondary N) is 1. The predicted molar refractivity (Wildman–Crippen MR) is 57.0 cm³/mol. The second kappa shape index (κ2) is 4.05. The van der Waals surface area contributed by atoms with Gasteiger partial charge in [0, 0.05) is 25.2 Å². The molecule has 0 spiro atoms. The summed E-state index contributed by atoms with van der Waals surface area (Å²) in [5, 5.41) is 3.28. The highest BCUT2D eigenvalue weighted by atomic mass is 16.6. The van der Waals surface area contributed by atoms with Gasteiger partial charge in [0.2, 0.25) is 0 Å². The normalized spacial score (nSPS) is 27.3. The van der Waals surface area contributed by atoms with E-state index in [9.17, 15) is 0 Å². The second-order valence-corrected chi connectivity index (χ2v) is 4.85. The molecule has 2 aliphatic rings. The number of hydrogen-bond donors (Lipinski definition) is 1. The molecule has 1 N–H and O–H groups in total. The maximum atomic E-state index is 5.71. The summed E-state index contributed by atoms with van der Waals surface area (Å²) in [6, 6.07) is 0. The van der Waals surface area contributed by atoms with Gasteiger partial charge in [-0.2, -0.15) is 0 Å². The van der Waals surface area contributed by atoms with Crippen LogP contribution in [0.15, 0.2) is 11.5 Å². The molecular weight excluding hydrogens is 177 g/mol. The minimum Gasteiger partial charge on any atom is -0.407 e. The van der Waals surface area contributed by atoms with Crippen molar-refractivity contribution in [2.75, 3.05) is 26.3 Å². The van der Waals surface area contributed by atoms with Crippen molar-refractivity contribution in [2.24, 2.45) is 5.41 Å². The van der Waals surface area contributed by atoms with E-state index < -0.39 is 0 Å². The average molecular weight is 195 g/mol. The molecule has 78 valence electrons. The monoisotopic (exact) mass is 195 g/mol. The van der Waals surface area contributed by atoms with Gasteiger partial charge < -0.3 is 14.6 Å². The molecule has 2 rings (SSSR count). The molecule has 0 bridgehead atoms. The molecule has 0 saturated carbocycles. The third-order valence-corrected chi connectivity index (χ3v) is 2.65. The molecule has 2 aliphatic heterocycles. The Kier molecular flexibility index (Phi) is 2.95. The van der Waals surface area contributed by atoms with Gasteiger partial charge >= 0.3 is 7.12 Å². The van der Waals surface area contributed by atoms with Crippen molar-refractivity contribution >= 4 is 7.12 Å². The van der Waals surface area contributed by atoms with Crippen molar-refractivity contribution in [1.82, 2.24) is 5.32 Å². The summed E-state index contributed by atoms with van der Waals surface area (Å²) >= 11 is 0. The fourth-order valence-electron chi connectivity index (χ4n) is 1.76. The van der Waals surface area contributed by atoms with Gasteiger partial charge in [-0.3, -0.25) is 0 Å².